The maximum atomic E-state index is 12.2. The lowest BCUT2D eigenvalue weighted by molar-refractivity contribution is 0.0946. The highest BCUT2D eigenvalue weighted by molar-refractivity contribution is 6.31. The van der Waals surface area contributed by atoms with E-state index in [4.69, 9.17) is 11.6 Å². The number of nitrogens with one attached hydrogen (secondary N) is 1. The van der Waals surface area contributed by atoms with Gasteiger partial charge in [0.25, 0.3) is 5.91 Å². The van der Waals surface area contributed by atoms with E-state index < -0.39 is 0 Å². The van der Waals surface area contributed by atoms with E-state index >= 15 is 0 Å². The smallest absolute Gasteiger partial charge is 0.270 e. The molecule has 5 nitrogen and oxygen atoms in total. The summed E-state index contributed by atoms with van der Waals surface area (Å²) in [5.41, 5.74) is 2.74. The van der Waals surface area contributed by atoms with Crippen LogP contribution in [0.15, 0.2) is 42.6 Å². The van der Waals surface area contributed by atoms with Crippen LogP contribution in [0.25, 0.3) is 5.65 Å². The van der Waals surface area contributed by atoms with Crippen LogP contribution in [-0.4, -0.2) is 20.5 Å². The molecule has 1 N–H and O–H groups in total. The van der Waals surface area contributed by atoms with Crippen LogP contribution >= 0.6 is 11.6 Å². The molecule has 0 aliphatic carbocycles. The highest BCUT2D eigenvalue weighted by Gasteiger charge is 2.11. The lowest BCUT2D eigenvalue weighted by Gasteiger charge is -2.07. The summed E-state index contributed by atoms with van der Waals surface area (Å²) in [5, 5.41) is 7.59. The largest absolute Gasteiger partial charge is 0.347 e. The van der Waals surface area contributed by atoms with Crippen molar-refractivity contribution >= 4 is 23.2 Å². The second-order valence-electron chi connectivity index (χ2n) is 4.66. The highest BCUT2D eigenvalue weighted by Crippen LogP contribution is 2.14. The molecule has 0 radical (unpaired) electrons. The maximum absolute atomic E-state index is 12.2. The van der Waals surface area contributed by atoms with E-state index in [0.717, 1.165) is 11.3 Å². The quantitative estimate of drug-likeness (QED) is 0.809. The Hall–Kier alpha value is -2.40. The van der Waals surface area contributed by atoms with Crippen molar-refractivity contribution < 1.29 is 4.79 Å². The summed E-state index contributed by atoms with van der Waals surface area (Å²) >= 11 is 6.06. The van der Waals surface area contributed by atoms with Crippen LogP contribution < -0.4 is 5.32 Å². The molecular weight excluding hydrogens is 288 g/mol. The van der Waals surface area contributed by atoms with Gasteiger partial charge in [0, 0.05) is 23.3 Å². The first-order valence-corrected chi connectivity index (χ1v) is 6.86. The molecule has 0 bridgehead atoms. The highest BCUT2D eigenvalue weighted by atomic mass is 35.5. The van der Waals surface area contributed by atoms with Gasteiger partial charge in [0.15, 0.2) is 5.65 Å². The number of nitrogens with zero attached hydrogens (tertiary/aromatic N) is 3. The van der Waals surface area contributed by atoms with Gasteiger partial charge in [-0.05, 0) is 24.6 Å². The minimum absolute atomic E-state index is 0.235. The third-order valence-corrected chi connectivity index (χ3v) is 3.54. The third kappa shape index (κ3) is 2.73. The molecule has 0 fully saturated rings. The molecule has 0 saturated carbocycles. The number of rotatable bonds is 3. The second kappa shape index (κ2) is 5.54. The predicted molar refractivity (Wildman–Crippen MR) is 80.3 cm³/mol. The first-order valence-electron chi connectivity index (χ1n) is 6.48. The molecule has 0 unspecified atom stereocenters. The van der Waals surface area contributed by atoms with Gasteiger partial charge in [-0.2, -0.15) is 5.10 Å². The molecule has 1 aromatic carbocycles. The van der Waals surface area contributed by atoms with E-state index in [0.29, 0.717) is 22.9 Å². The summed E-state index contributed by atoms with van der Waals surface area (Å²) in [6.07, 6.45) is 1.65. The van der Waals surface area contributed by atoms with E-state index in [1.807, 2.05) is 25.1 Å². The maximum Gasteiger partial charge on any atom is 0.270 e. The van der Waals surface area contributed by atoms with Gasteiger partial charge < -0.3 is 5.32 Å². The molecule has 3 aromatic rings. The first kappa shape index (κ1) is 13.6. The van der Waals surface area contributed by atoms with Gasteiger partial charge in [0.05, 0.1) is 6.20 Å². The Morgan fingerprint density at radius 3 is 2.95 bits per heavy atom. The van der Waals surface area contributed by atoms with Crippen LogP contribution in [0.1, 0.15) is 21.7 Å². The molecule has 3 rings (SSSR count). The monoisotopic (exact) mass is 300 g/mol. The topological polar surface area (TPSA) is 59.3 Å². The van der Waals surface area contributed by atoms with E-state index in [-0.39, 0.29) is 5.91 Å². The van der Waals surface area contributed by atoms with Crippen molar-refractivity contribution in [2.75, 3.05) is 0 Å². The summed E-state index contributed by atoms with van der Waals surface area (Å²) in [6.45, 7) is 2.25. The zero-order chi connectivity index (χ0) is 14.8. The molecule has 1 amide bonds. The first-order chi connectivity index (χ1) is 10.1. The molecule has 106 valence electrons. The molecule has 0 aliphatic heterocycles. The lowest BCUT2D eigenvalue weighted by atomic mass is 10.2. The van der Waals surface area contributed by atoms with E-state index in [1.54, 1.807) is 28.9 Å². The van der Waals surface area contributed by atoms with Gasteiger partial charge in [0.2, 0.25) is 0 Å². The van der Waals surface area contributed by atoms with Crippen molar-refractivity contribution in [1.82, 2.24) is 19.9 Å². The van der Waals surface area contributed by atoms with Gasteiger partial charge in [-0.3, -0.25) is 4.79 Å². The molecule has 0 saturated heterocycles. The Morgan fingerprint density at radius 2 is 2.14 bits per heavy atom. The Labute approximate surface area is 126 Å². The number of carbonyl (C=O) groups excluding carboxylic acids is 1. The van der Waals surface area contributed by atoms with Gasteiger partial charge in [0.1, 0.15) is 5.69 Å². The summed E-state index contributed by atoms with van der Waals surface area (Å²) < 4.78 is 1.69. The number of carbonyl (C=O) groups is 1. The van der Waals surface area contributed by atoms with E-state index in [1.165, 1.54) is 0 Å². The fraction of sp³-hybridized carbons (Fsp3) is 0.133. The summed E-state index contributed by atoms with van der Waals surface area (Å²) in [6, 6.07) is 10.9. The Morgan fingerprint density at radius 1 is 1.33 bits per heavy atom. The van der Waals surface area contributed by atoms with Crippen molar-refractivity contribution in [1.29, 1.82) is 0 Å². The molecule has 2 heterocycles. The second-order valence-corrected chi connectivity index (χ2v) is 5.07. The van der Waals surface area contributed by atoms with Gasteiger partial charge in [-0.25, -0.2) is 9.50 Å². The molecule has 0 spiro atoms. The van der Waals surface area contributed by atoms with Crippen LogP contribution in [0.4, 0.5) is 0 Å². The predicted octanol–water partition coefficient (Wildman–Crippen LogP) is 2.62. The number of hydrogen-bond acceptors (Lipinski definition) is 3. The molecular formula is C15H13ClN4O. The van der Waals surface area contributed by atoms with Crippen LogP contribution in [0.2, 0.25) is 5.02 Å². The van der Waals surface area contributed by atoms with Gasteiger partial charge in [-0.1, -0.05) is 29.8 Å². The number of aryl methyl sites for hydroxylation is 1. The van der Waals surface area contributed by atoms with Gasteiger partial charge in [-0.15, -0.1) is 0 Å². The molecule has 6 heteroatoms. The van der Waals surface area contributed by atoms with Crippen LogP contribution in [0, 0.1) is 6.92 Å². The zero-order valence-corrected chi connectivity index (χ0v) is 12.1. The number of fused-ring (bicyclic) bond motifs is 1. The van der Waals surface area contributed by atoms with Crippen LogP contribution in [-0.2, 0) is 6.54 Å². The van der Waals surface area contributed by atoms with Crippen molar-refractivity contribution in [3.8, 4) is 0 Å². The minimum Gasteiger partial charge on any atom is -0.347 e. The van der Waals surface area contributed by atoms with Crippen LogP contribution in [0.5, 0.6) is 0 Å². The normalized spacial score (nSPS) is 10.8. The molecule has 0 atom stereocenters. The lowest BCUT2D eigenvalue weighted by Crippen LogP contribution is -2.24. The number of aromatic nitrogens is 3. The Balaban J connectivity index is 1.79. The van der Waals surface area contributed by atoms with E-state index in [2.05, 4.69) is 15.4 Å². The number of benzene rings is 1. The summed E-state index contributed by atoms with van der Waals surface area (Å²) in [5.74, 6) is -0.235. The molecule has 2 aromatic heterocycles. The Bertz CT molecular complexity index is 812. The fourth-order valence-corrected chi connectivity index (χ4v) is 2.29. The average molecular weight is 301 g/mol. The van der Waals surface area contributed by atoms with Gasteiger partial charge >= 0.3 is 0 Å². The number of hydrogen-bond donors (Lipinski definition) is 1. The van der Waals surface area contributed by atoms with Crippen molar-refractivity contribution in [2.45, 2.75) is 13.5 Å². The summed E-state index contributed by atoms with van der Waals surface area (Å²) in [7, 11) is 0. The number of halogens is 1. The Kier molecular flexibility index (Phi) is 3.58. The number of amides is 1. The zero-order valence-electron chi connectivity index (χ0n) is 11.4. The third-order valence-electron chi connectivity index (χ3n) is 3.17. The molecule has 0 aliphatic rings. The minimum atomic E-state index is -0.235. The van der Waals surface area contributed by atoms with Crippen molar-refractivity contribution in [3.05, 3.63) is 64.6 Å². The van der Waals surface area contributed by atoms with Crippen molar-refractivity contribution in [3.63, 3.8) is 0 Å². The SMILES string of the molecule is Cc1cc(C(=O)NCc2ccccc2Cl)nc2ccnn12. The average Bonchev–Trinajstić information content (AvgIpc) is 2.95. The fourth-order valence-electron chi connectivity index (χ4n) is 2.09. The summed E-state index contributed by atoms with van der Waals surface area (Å²) in [4.78, 5) is 16.5. The van der Waals surface area contributed by atoms with Crippen molar-refractivity contribution in [2.24, 2.45) is 0 Å². The standard InChI is InChI=1S/C15H13ClN4O/c1-10-8-13(19-14-6-7-18-20(10)14)15(21)17-9-11-4-2-3-5-12(11)16/h2-8H,9H2,1H3,(H,17,21). The molecule has 21 heavy (non-hydrogen) atoms. The van der Waals surface area contributed by atoms with E-state index in [9.17, 15) is 4.79 Å². The van der Waals surface area contributed by atoms with Crippen LogP contribution in [0.3, 0.4) is 0 Å².